The van der Waals surface area contributed by atoms with Crippen molar-refractivity contribution in [1.29, 1.82) is 0 Å². The second-order valence-corrected chi connectivity index (χ2v) is 28.3. The van der Waals surface area contributed by atoms with Gasteiger partial charge in [-0.1, -0.05) is 413 Å². The summed E-state index contributed by atoms with van der Waals surface area (Å²) in [4.78, 5) is 23.9. The first-order chi connectivity index (χ1) is 40.2. The minimum absolute atomic E-state index is 0. The number of hydrogen-bond acceptors (Lipinski definition) is 8. The third kappa shape index (κ3) is 83.0. The van der Waals surface area contributed by atoms with Crippen LogP contribution in [-0.2, 0) is 27.2 Å². The third-order valence-electron chi connectivity index (χ3n) is 17.0. The number of hydrogen-bond donors (Lipinski definition) is 0. The molecule has 0 rings (SSSR count). The predicted molar refractivity (Wildman–Crippen MR) is 363 cm³/mol. The van der Waals surface area contributed by atoms with E-state index >= 15 is 0 Å². The van der Waals surface area contributed by atoms with Crippen LogP contribution in [0.1, 0.15) is 439 Å². The smallest absolute Gasteiger partial charge is 0.756 e. The normalized spacial score (nSPS) is 11.8. The first-order valence-electron chi connectivity index (χ1n) is 37.4. The van der Waals surface area contributed by atoms with Crippen LogP contribution in [0.5, 0.6) is 0 Å². The van der Waals surface area contributed by atoms with Crippen LogP contribution in [0.4, 0.5) is 0 Å². The van der Waals surface area contributed by atoms with Gasteiger partial charge in [0.2, 0.25) is 0 Å². The van der Waals surface area contributed by atoms with Crippen molar-refractivity contribution in [3.05, 3.63) is 0 Å². The first kappa shape index (κ1) is 88.2. The van der Waals surface area contributed by atoms with Gasteiger partial charge in [-0.3, -0.25) is 9.13 Å². The minimum atomic E-state index is -4.12. The molecule has 0 saturated heterocycles. The van der Waals surface area contributed by atoms with Gasteiger partial charge in [0.05, 0.1) is 26.4 Å². The van der Waals surface area contributed by atoms with Crippen LogP contribution in [0.3, 0.4) is 0 Å². The Hall–Kier alpha value is 0.986. The van der Waals surface area contributed by atoms with Crippen LogP contribution < -0.4 is 9.79 Å². The van der Waals surface area contributed by atoms with E-state index < -0.39 is 15.6 Å². The molecule has 0 aromatic rings. The van der Waals surface area contributed by atoms with Crippen molar-refractivity contribution in [3.8, 4) is 0 Å². The summed E-state index contributed by atoms with van der Waals surface area (Å²) in [5, 5.41) is 0. The zero-order valence-electron chi connectivity index (χ0n) is 57.0. The zero-order valence-corrected chi connectivity index (χ0v) is 60.2. The fraction of sp³-hybridized carbons (Fsp3) is 1.00. The van der Waals surface area contributed by atoms with Crippen molar-refractivity contribution in [2.45, 2.75) is 439 Å². The van der Waals surface area contributed by atoms with E-state index in [0.29, 0.717) is 0 Å². The average molecular weight is 1230 g/mol. The summed E-state index contributed by atoms with van der Waals surface area (Å²) >= 11 is 0. The third-order valence-corrected chi connectivity index (χ3v) is 19.0. The Morgan fingerprint density at radius 3 is 0.361 bits per heavy atom. The maximum atomic E-state index is 11.9. The topological polar surface area (TPSA) is 117 Å². The number of rotatable bonds is 72. The van der Waals surface area contributed by atoms with Crippen LogP contribution >= 0.6 is 15.6 Å². The Morgan fingerprint density at radius 1 is 0.181 bits per heavy atom. The van der Waals surface area contributed by atoms with Gasteiger partial charge in [0, 0.05) is 0 Å². The minimum Gasteiger partial charge on any atom is -0.756 e. The van der Waals surface area contributed by atoms with E-state index in [0.717, 1.165) is 51.4 Å². The summed E-state index contributed by atoms with van der Waals surface area (Å²) < 4.78 is 44.1. The maximum absolute atomic E-state index is 11.9. The van der Waals surface area contributed by atoms with Crippen molar-refractivity contribution in [1.82, 2.24) is 0 Å². The van der Waals surface area contributed by atoms with Gasteiger partial charge >= 0.3 is 23.1 Å². The maximum Gasteiger partial charge on any atom is 2.00 e. The van der Waals surface area contributed by atoms with Crippen molar-refractivity contribution in [2.24, 2.45) is 0 Å². The van der Waals surface area contributed by atoms with Gasteiger partial charge in [-0.15, -0.1) is 0 Å². The molecule has 8 nitrogen and oxygen atoms in total. The molecule has 0 amide bonds. The molecule has 496 valence electrons. The van der Waals surface area contributed by atoms with E-state index in [1.165, 1.54) is 360 Å². The van der Waals surface area contributed by atoms with Crippen molar-refractivity contribution >= 4 is 38.7 Å². The monoisotopic (exact) mass is 1230 g/mol. The molecule has 0 spiro atoms. The molecule has 0 unspecified atom stereocenters. The van der Waals surface area contributed by atoms with Gasteiger partial charge in [-0.05, 0) is 25.7 Å². The number of phosphoric acid groups is 2. The fourth-order valence-corrected chi connectivity index (χ4v) is 12.9. The van der Waals surface area contributed by atoms with Gasteiger partial charge in [0.1, 0.15) is 0 Å². The standard InChI is InChI=1S/2C36H75O4P.Mg/c2*1-3-5-7-9-11-13-15-17-19-21-23-25-27-29-31-33-35-39-41(37,38)40-36-34-32-30-28-26-24-22-20-18-16-14-12-10-8-6-4-2;/h2*3-36H2,1-2H3,(H,37,38);/q;;+2/p-2. The van der Waals surface area contributed by atoms with Gasteiger partial charge in [0.25, 0.3) is 15.6 Å². The van der Waals surface area contributed by atoms with Crippen LogP contribution in [-0.4, -0.2) is 49.5 Å². The number of unbranched alkanes of at least 4 members (excludes halogenated alkanes) is 60. The molecule has 0 N–H and O–H groups in total. The summed E-state index contributed by atoms with van der Waals surface area (Å²) in [5.41, 5.74) is 0. The first-order valence-corrected chi connectivity index (χ1v) is 40.4. The quantitative estimate of drug-likeness (QED) is 0.0336. The van der Waals surface area contributed by atoms with Gasteiger partial charge in [-0.25, -0.2) is 0 Å². The van der Waals surface area contributed by atoms with Gasteiger partial charge in [0.15, 0.2) is 0 Å². The molecule has 0 atom stereocenters. The molecule has 0 bridgehead atoms. The van der Waals surface area contributed by atoms with Crippen molar-refractivity contribution < 1.29 is 37.0 Å². The second-order valence-electron chi connectivity index (χ2n) is 25.4. The van der Waals surface area contributed by atoms with Crippen LogP contribution in [0.15, 0.2) is 0 Å². The van der Waals surface area contributed by atoms with E-state index in [1.807, 2.05) is 0 Å². The Labute approximate surface area is 537 Å². The number of phosphoric ester groups is 2. The van der Waals surface area contributed by atoms with Crippen LogP contribution in [0, 0.1) is 0 Å². The molecule has 0 fully saturated rings. The summed E-state index contributed by atoms with van der Waals surface area (Å²) in [6.45, 7) is 10.2. The van der Waals surface area contributed by atoms with Crippen molar-refractivity contribution in [3.63, 3.8) is 0 Å². The average Bonchev–Trinajstić information content (AvgIpc) is 3.46. The second kappa shape index (κ2) is 77.2. The molecule has 0 radical (unpaired) electrons. The van der Waals surface area contributed by atoms with E-state index in [2.05, 4.69) is 27.7 Å². The largest absolute Gasteiger partial charge is 2.00 e. The Balaban J connectivity index is -0.00000152. The molecule has 0 aliphatic heterocycles. The molecule has 0 aliphatic rings. The Bertz CT molecular complexity index is 1070. The van der Waals surface area contributed by atoms with Gasteiger partial charge in [-0.2, -0.15) is 0 Å². The van der Waals surface area contributed by atoms with E-state index in [9.17, 15) is 18.9 Å². The summed E-state index contributed by atoms with van der Waals surface area (Å²) in [6, 6.07) is 0. The Morgan fingerprint density at radius 2 is 0.265 bits per heavy atom. The molecule has 11 heteroatoms. The summed E-state index contributed by atoms with van der Waals surface area (Å²) in [7, 11) is -8.24. The molecule has 0 aromatic carbocycles. The molecule has 0 heterocycles. The van der Waals surface area contributed by atoms with Crippen LogP contribution in [0.2, 0.25) is 0 Å². The molecular formula is C72H148MgO8P2. The van der Waals surface area contributed by atoms with Crippen LogP contribution in [0.25, 0.3) is 0 Å². The predicted octanol–water partition coefficient (Wildman–Crippen LogP) is 25.6. The molecule has 0 aromatic heterocycles. The summed E-state index contributed by atoms with van der Waals surface area (Å²) in [6.07, 6.45) is 83.7. The molecular weight excluding hydrogens is 1080 g/mol. The summed E-state index contributed by atoms with van der Waals surface area (Å²) in [5.74, 6) is 0. The fourth-order valence-electron chi connectivity index (χ4n) is 11.4. The van der Waals surface area contributed by atoms with E-state index in [-0.39, 0.29) is 49.5 Å². The SMILES string of the molecule is CCCCCCCCCCCCCCCCCCOP(=O)([O-])OCCCCCCCCCCCCCCCCCC.CCCCCCCCCCCCCCCCCCOP(=O)([O-])OCCCCCCCCCCCCCCCCCC.[Mg+2]. The van der Waals surface area contributed by atoms with E-state index in [1.54, 1.807) is 0 Å². The Kier molecular flexibility index (Phi) is 82.1. The van der Waals surface area contributed by atoms with E-state index in [4.69, 9.17) is 18.1 Å². The molecule has 0 saturated carbocycles. The van der Waals surface area contributed by atoms with Crippen molar-refractivity contribution in [2.75, 3.05) is 26.4 Å². The zero-order chi connectivity index (χ0) is 59.9. The van der Waals surface area contributed by atoms with Gasteiger partial charge < -0.3 is 27.9 Å². The molecule has 83 heavy (non-hydrogen) atoms. The molecule has 0 aliphatic carbocycles.